The van der Waals surface area contributed by atoms with E-state index in [0.29, 0.717) is 22.6 Å². The van der Waals surface area contributed by atoms with E-state index in [1.54, 1.807) is 50.8 Å². The topological polar surface area (TPSA) is 104 Å². The average Bonchev–Trinajstić information content (AvgIpc) is 3.26. The Morgan fingerprint density at radius 3 is 2.38 bits per heavy atom. The van der Waals surface area contributed by atoms with Crippen molar-refractivity contribution in [2.45, 2.75) is 6.92 Å². The number of hydrogen-bond donors (Lipinski definition) is 2. The summed E-state index contributed by atoms with van der Waals surface area (Å²) in [4.78, 5) is 24.4. The van der Waals surface area contributed by atoms with Gasteiger partial charge in [0.25, 0.3) is 5.91 Å². The molecule has 4 rings (SSSR count). The predicted molar refractivity (Wildman–Crippen MR) is 132 cm³/mol. The molecule has 0 aliphatic heterocycles. The number of anilines is 1. The summed E-state index contributed by atoms with van der Waals surface area (Å²) in [6.07, 6.45) is 3.15. The molecule has 0 aliphatic carbocycles. The number of hydrogen-bond acceptors (Lipinski definition) is 5. The molecule has 0 unspecified atom stereocenters. The third-order valence-electron chi connectivity index (χ3n) is 5.52. The van der Waals surface area contributed by atoms with E-state index in [0.717, 1.165) is 27.8 Å². The van der Waals surface area contributed by atoms with E-state index in [1.165, 1.54) is 6.08 Å². The van der Waals surface area contributed by atoms with Crippen LogP contribution < -0.4 is 20.5 Å². The van der Waals surface area contributed by atoms with Gasteiger partial charge < -0.3 is 24.9 Å². The maximum Gasteiger partial charge on any atom is 0.250 e. The van der Waals surface area contributed by atoms with E-state index in [9.17, 15) is 9.59 Å². The molecule has 1 heterocycles. The third kappa shape index (κ3) is 4.49. The number of benzene rings is 3. The van der Waals surface area contributed by atoms with Crippen molar-refractivity contribution >= 4 is 34.0 Å². The van der Waals surface area contributed by atoms with Gasteiger partial charge in [-0.05, 0) is 48.4 Å². The van der Waals surface area contributed by atoms with Gasteiger partial charge in [-0.1, -0.05) is 24.3 Å². The largest absolute Gasteiger partial charge is 0.497 e. The molecule has 0 atom stereocenters. The third-order valence-corrected chi connectivity index (χ3v) is 5.52. The van der Waals surface area contributed by atoms with E-state index in [2.05, 4.69) is 5.32 Å². The molecule has 172 valence electrons. The van der Waals surface area contributed by atoms with Crippen LogP contribution >= 0.6 is 0 Å². The Bertz CT molecular complexity index is 1400. The van der Waals surface area contributed by atoms with Crippen molar-refractivity contribution in [2.75, 3.05) is 19.5 Å². The Hall–Kier alpha value is -4.52. The summed E-state index contributed by atoms with van der Waals surface area (Å²) >= 11 is 0. The Balaban J connectivity index is 1.70. The van der Waals surface area contributed by atoms with E-state index in [1.807, 2.05) is 37.3 Å². The second-order valence-corrected chi connectivity index (χ2v) is 7.65. The van der Waals surface area contributed by atoms with Crippen LogP contribution in [-0.4, -0.2) is 26.0 Å². The summed E-state index contributed by atoms with van der Waals surface area (Å²) in [5, 5.41) is 3.61. The summed E-state index contributed by atoms with van der Waals surface area (Å²) in [7, 11) is 3.19. The van der Waals surface area contributed by atoms with E-state index in [4.69, 9.17) is 19.6 Å². The highest BCUT2D eigenvalue weighted by molar-refractivity contribution is 6.09. The number of fused-ring (bicyclic) bond motifs is 1. The number of furan rings is 1. The fourth-order valence-electron chi connectivity index (χ4n) is 3.78. The summed E-state index contributed by atoms with van der Waals surface area (Å²) in [6.45, 7) is 1.82. The molecular weight excluding hydrogens is 432 g/mol. The molecule has 0 spiro atoms. The number of allylic oxidation sites excluding steroid dienone is 1. The molecular formula is C27H24N2O5. The van der Waals surface area contributed by atoms with E-state index >= 15 is 0 Å². The van der Waals surface area contributed by atoms with Gasteiger partial charge in [0.05, 0.1) is 31.7 Å². The molecule has 3 aromatic carbocycles. The first-order chi connectivity index (χ1) is 16.4. The second-order valence-electron chi connectivity index (χ2n) is 7.65. The molecule has 0 aliphatic rings. The van der Waals surface area contributed by atoms with Crippen LogP contribution in [0, 0.1) is 0 Å². The van der Waals surface area contributed by atoms with E-state index in [-0.39, 0.29) is 5.56 Å². The van der Waals surface area contributed by atoms with Crippen LogP contribution in [0.25, 0.3) is 27.7 Å². The van der Waals surface area contributed by atoms with Gasteiger partial charge in [0, 0.05) is 28.7 Å². The minimum atomic E-state index is -0.616. The number of methoxy groups -OCH3 is 2. The highest BCUT2D eigenvalue weighted by Gasteiger charge is 2.16. The number of primary amides is 1. The number of ether oxygens (including phenoxy) is 2. The van der Waals surface area contributed by atoms with Gasteiger partial charge >= 0.3 is 0 Å². The Morgan fingerprint density at radius 2 is 1.71 bits per heavy atom. The molecule has 0 saturated heterocycles. The summed E-state index contributed by atoms with van der Waals surface area (Å²) in [5.74, 6) is 0.328. The van der Waals surface area contributed by atoms with Crippen molar-refractivity contribution in [3.63, 3.8) is 0 Å². The summed E-state index contributed by atoms with van der Waals surface area (Å²) in [5.41, 5.74) is 9.96. The van der Waals surface area contributed by atoms with E-state index < -0.39 is 11.8 Å². The number of rotatable bonds is 7. The fourth-order valence-corrected chi connectivity index (χ4v) is 3.78. The predicted octanol–water partition coefficient (Wildman–Crippen LogP) is 5.26. The average molecular weight is 456 g/mol. The lowest BCUT2D eigenvalue weighted by Crippen LogP contribution is -2.17. The molecule has 34 heavy (non-hydrogen) atoms. The molecule has 0 fully saturated rings. The normalized spacial score (nSPS) is 11.3. The zero-order chi connectivity index (χ0) is 24.2. The lowest BCUT2D eigenvalue weighted by atomic mass is 9.99. The summed E-state index contributed by atoms with van der Waals surface area (Å²) < 4.78 is 16.6. The molecule has 2 amide bonds. The first kappa shape index (κ1) is 22.7. The number of amides is 2. The number of para-hydroxylation sites is 1. The SMILES string of the molecule is COc1ccc(-c2coc3cc(OC)c(/C(C)=C/C(=O)Nc4ccccc4C(N)=O)cc23)cc1. The molecule has 3 N–H and O–H groups in total. The molecule has 0 bridgehead atoms. The Morgan fingerprint density at radius 1 is 0.971 bits per heavy atom. The second kappa shape index (κ2) is 9.54. The minimum absolute atomic E-state index is 0.239. The van der Waals surface area contributed by atoms with Gasteiger partial charge in [0.2, 0.25) is 5.91 Å². The van der Waals surface area contributed by atoms with Gasteiger partial charge in [-0.25, -0.2) is 0 Å². The summed E-state index contributed by atoms with van der Waals surface area (Å²) in [6, 6.07) is 18.0. The molecule has 7 nitrogen and oxygen atoms in total. The van der Waals surface area contributed by atoms with Gasteiger partial charge in [0.1, 0.15) is 17.1 Å². The first-order valence-electron chi connectivity index (χ1n) is 10.5. The Kier molecular flexibility index (Phi) is 6.36. The first-order valence-corrected chi connectivity index (χ1v) is 10.5. The molecule has 1 aromatic heterocycles. The van der Waals surface area contributed by atoms with Crippen molar-refractivity contribution in [1.82, 2.24) is 0 Å². The van der Waals surface area contributed by atoms with Gasteiger partial charge in [-0.2, -0.15) is 0 Å². The number of nitrogens with one attached hydrogen (secondary N) is 1. The highest BCUT2D eigenvalue weighted by atomic mass is 16.5. The van der Waals surface area contributed by atoms with Crippen LogP contribution in [0.15, 0.2) is 77.4 Å². The highest BCUT2D eigenvalue weighted by Crippen LogP contribution is 2.37. The standard InChI is InChI=1S/C27H24N2O5/c1-16(12-26(30)29-23-7-5-4-6-19(23)27(28)31)20-13-21-22(15-34-25(21)14-24(20)33-3)17-8-10-18(32-2)11-9-17/h4-15H,1-3H3,(H2,28,31)(H,29,30)/b16-12+. The van der Waals surface area contributed by atoms with Crippen molar-refractivity contribution in [3.8, 4) is 22.6 Å². The zero-order valence-electron chi connectivity index (χ0n) is 19.0. The van der Waals surface area contributed by atoms with Crippen molar-refractivity contribution in [1.29, 1.82) is 0 Å². The van der Waals surface area contributed by atoms with Crippen molar-refractivity contribution in [2.24, 2.45) is 5.73 Å². The zero-order valence-corrected chi connectivity index (χ0v) is 19.0. The van der Waals surface area contributed by atoms with Crippen LogP contribution in [0.3, 0.4) is 0 Å². The molecule has 0 saturated carbocycles. The van der Waals surface area contributed by atoms with Crippen molar-refractivity contribution in [3.05, 3.63) is 84.1 Å². The molecule has 7 heteroatoms. The van der Waals surface area contributed by atoms with Gasteiger partial charge in [0.15, 0.2) is 0 Å². The lowest BCUT2D eigenvalue weighted by molar-refractivity contribution is -0.111. The number of carbonyl (C=O) groups excluding carboxylic acids is 2. The van der Waals surface area contributed by atoms with Gasteiger partial charge in [-0.15, -0.1) is 0 Å². The number of nitrogens with two attached hydrogens (primary N) is 1. The Labute approximate surface area is 196 Å². The van der Waals surface area contributed by atoms with Crippen LogP contribution in [0.1, 0.15) is 22.8 Å². The minimum Gasteiger partial charge on any atom is -0.497 e. The maximum atomic E-state index is 12.7. The van der Waals surface area contributed by atoms with Crippen molar-refractivity contribution < 1.29 is 23.5 Å². The number of carbonyl (C=O) groups is 2. The fraction of sp³-hybridized carbons (Fsp3) is 0.111. The van der Waals surface area contributed by atoms with Crippen LogP contribution in [0.5, 0.6) is 11.5 Å². The van der Waals surface area contributed by atoms with Gasteiger partial charge in [-0.3, -0.25) is 9.59 Å². The molecule has 0 radical (unpaired) electrons. The van der Waals surface area contributed by atoms with Crippen LogP contribution in [-0.2, 0) is 4.79 Å². The van der Waals surface area contributed by atoms with Crippen LogP contribution in [0.2, 0.25) is 0 Å². The smallest absolute Gasteiger partial charge is 0.250 e. The quantitative estimate of drug-likeness (QED) is 0.369. The molecule has 4 aromatic rings. The van der Waals surface area contributed by atoms with Crippen LogP contribution in [0.4, 0.5) is 5.69 Å². The monoisotopic (exact) mass is 456 g/mol. The lowest BCUT2D eigenvalue weighted by Gasteiger charge is -2.11. The maximum absolute atomic E-state index is 12.7.